The minimum absolute atomic E-state index is 0.241. The van der Waals surface area contributed by atoms with Gasteiger partial charge in [0.15, 0.2) is 0 Å². The van der Waals surface area contributed by atoms with Gasteiger partial charge in [0.25, 0.3) is 0 Å². The number of fused-ring (bicyclic) bond motifs is 3. The van der Waals surface area contributed by atoms with Crippen molar-refractivity contribution >= 4 is 5.97 Å². The summed E-state index contributed by atoms with van der Waals surface area (Å²) in [5.74, 6) is 1.25. The van der Waals surface area contributed by atoms with Gasteiger partial charge in [-0.1, -0.05) is 72.8 Å². The summed E-state index contributed by atoms with van der Waals surface area (Å²) in [4.78, 5) is 12.7. The Morgan fingerprint density at radius 3 is 1.54 bits per heavy atom. The first-order valence-electron chi connectivity index (χ1n) is 13.7. The van der Waals surface area contributed by atoms with E-state index >= 15 is 0 Å². The molecule has 0 heterocycles. The quantitative estimate of drug-likeness (QED) is 0.176. The third-order valence-corrected chi connectivity index (χ3v) is 7.40. The van der Waals surface area contributed by atoms with Gasteiger partial charge < -0.3 is 9.47 Å². The van der Waals surface area contributed by atoms with Crippen molar-refractivity contribution in [1.29, 1.82) is 0 Å². The Morgan fingerprint density at radius 1 is 0.641 bits per heavy atom. The molecule has 0 saturated carbocycles. The average molecular weight is 519 g/mol. The van der Waals surface area contributed by atoms with Crippen molar-refractivity contribution in [2.75, 3.05) is 0 Å². The number of carbonyl (C=O) groups is 1. The summed E-state index contributed by atoms with van der Waals surface area (Å²) in [5, 5.41) is 0. The largest absolute Gasteiger partial charge is 0.488 e. The Hall–Kier alpha value is -3.85. The lowest BCUT2D eigenvalue weighted by atomic mass is 9.67. The number of esters is 1. The molecule has 0 fully saturated rings. The molecule has 200 valence electrons. The number of hydrogen-bond donors (Lipinski definition) is 0. The fraction of sp³-hybridized carbons (Fsp3) is 0.306. The second-order valence-electron chi connectivity index (χ2n) is 12.7. The molecule has 0 amide bonds. The van der Waals surface area contributed by atoms with E-state index in [1.54, 1.807) is 0 Å². The minimum Gasteiger partial charge on any atom is -0.488 e. The van der Waals surface area contributed by atoms with Crippen molar-refractivity contribution in [3.8, 4) is 22.6 Å². The van der Waals surface area contributed by atoms with Gasteiger partial charge in [-0.25, -0.2) is 0 Å². The second kappa shape index (κ2) is 9.41. The molecule has 39 heavy (non-hydrogen) atoms. The van der Waals surface area contributed by atoms with Crippen LogP contribution >= 0.6 is 0 Å². The van der Waals surface area contributed by atoms with Crippen LogP contribution in [0.25, 0.3) is 11.1 Å². The fourth-order valence-corrected chi connectivity index (χ4v) is 5.60. The molecule has 3 nitrogen and oxygen atoms in total. The molecular formula is C36H38O3. The number of carbonyl (C=O) groups excluding carboxylic acids is 1. The van der Waals surface area contributed by atoms with E-state index in [2.05, 4.69) is 107 Å². The van der Waals surface area contributed by atoms with Crippen LogP contribution in [-0.2, 0) is 10.2 Å². The van der Waals surface area contributed by atoms with Crippen molar-refractivity contribution in [2.24, 2.45) is 5.41 Å². The maximum atomic E-state index is 12.7. The summed E-state index contributed by atoms with van der Waals surface area (Å²) in [6.45, 7) is 16.0. The van der Waals surface area contributed by atoms with Gasteiger partial charge in [-0.3, -0.25) is 4.79 Å². The monoisotopic (exact) mass is 518 g/mol. The summed E-state index contributed by atoms with van der Waals surface area (Å²) in [5.41, 5.74) is 7.90. The van der Waals surface area contributed by atoms with Crippen molar-refractivity contribution in [3.63, 3.8) is 0 Å². The first-order valence-corrected chi connectivity index (χ1v) is 13.7. The maximum absolute atomic E-state index is 12.7. The number of ether oxygens (including phenoxy) is 2. The van der Waals surface area contributed by atoms with E-state index in [1.807, 2.05) is 33.8 Å². The average Bonchev–Trinajstić information content (AvgIpc) is 3.16. The van der Waals surface area contributed by atoms with Crippen molar-refractivity contribution in [3.05, 3.63) is 118 Å². The molecule has 4 aromatic rings. The molecule has 0 aromatic heterocycles. The summed E-state index contributed by atoms with van der Waals surface area (Å²) < 4.78 is 12.1. The summed E-state index contributed by atoms with van der Waals surface area (Å²) in [7, 11) is 0. The molecule has 0 bridgehead atoms. The van der Waals surface area contributed by atoms with Gasteiger partial charge in [-0.2, -0.15) is 0 Å². The fourth-order valence-electron chi connectivity index (χ4n) is 5.60. The molecule has 4 aromatic carbocycles. The van der Waals surface area contributed by atoms with Gasteiger partial charge >= 0.3 is 5.97 Å². The Morgan fingerprint density at radius 2 is 1.10 bits per heavy atom. The molecule has 1 aliphatic rings. The Balaban J connectivity index is 1.76. The summed E-state index contributed by atoms with van der Waals surface area (Å²) in [6.07, 6.45) is 0. The molecular weight excluding hydrogens is 480 g/mol. The van der Waals surface area contributed by atoms with E-state index in [-0.39, 0.29) is 11.6 Å². The lowest BCUT2D eigenvalue weighted by Crippen LogP contribution is -2.29. The normalized spacial score (nSPS) is 13.9. The topological polar surface area (TPSA) is 35.5 Å². The molecule has 0 saturated heterocycles. The smallest absolute Gasteiger partial charge is 0.316 e. The Bertz CT molecular complexity index is 1520. The van der Waals surface area contributed by atoms with Crippen molar-refractivity contribution in [1.82, 2.24) is 0 Å². The van der Waals surface area contributed by atoms with E-state index in [0.717, 1.165) is 22.4 Å². The zero-order valence-electron chi connectivity index (χ0n) is 24.3. The SMILES string of the molecule is Cc1cc(C2(c3ccc(OC(C)(C)C)c(C)c3)c3ccccc3-c3ccccc32)ccc1OC(=O)C(C)(C)C. The first-order chi connectivity index (χ1) is 18.3. The third-order valence-electron chi connectivity index (χ3n) is 7.40. The molecule has 0 spiro atoms. The van der Waals surface area contributed by atoms with Crippen LogP contribution in [0.2, 0.25) is 0 Å². The van der Waals surface area contributed by atoms with Gasteiger partial charge in [0.1, 0.15) is 17.1 Å². The third kappa shape index (κ3) is 4.65. The molecule has 0 N–H and O–H groups in total. The number of rotatable bonds is 4. The van der Waals surface area contributed by atoms with Gasteiger partial charge in [0, 0.05) is 0 Å². The van der Waals surface area contributed by atoms with Crippen LogP contribution in [0.4, 0.5) is 0 Å². The molecule has 5 rings (SSSR count). The van der Waals surface area contributed by atoms with Crippen LogP contribution in [-0.4, -0.2) is 11.6 Å². The minimum atomic E-state index is -0.579. The zero-order valence-corrected chi connectivity index (χ0v) is 24.3. The lowest BCUT2D eigenvalue weighted by molar-refractivity contribution is -0.143. The van der Waals surface area contributed by atoms with Gasteiger partial charge in [-0.05, 0) is 112 Å². The van der Waals surface area contributed by atoms with E-state index < -0.39 is 10.8 Å². The van der Waals surface area contributed by atoms with Gasteiger partial charge in [0.05, 0.1) is 10.8 Å². The van der Waals surface area contributed by atoms with Gasteiger partial charge in [-0.15, -0.1) is 0 Å². The van der Waals surface area contributed by atoms with Crippen LogP contribution in [0.5, 0.6) is 11.5 Å². The summed E-state index contributed by atoms with van der Waals surface area (Å²) >= 11 is 0. The Labute approximate surface area is 232 Å². The highest BCUT2D eigenvalue weighted by atomic mass is 16.5. The molecule has 0 aliphatic heterocycles. The molecule has 1 aliphatic carbocycles. The number of aryl methyl sites for hydroxylation is 2. The van der Waals surface area contributed by atoms with Crippen LogP contribution in [0.15, 0.2) is 84.9 Å². The van der Waals surface area contributed by atoms with Crippen LogP contribution in [0.1, 0.15) is 74.9 Å². The van der Waals surface area contributed by atoms with E-state index in [9.17, 15) is 4.79 Å². The number of hydrogen-bond acceptors (Lipinski definition) is 3. The highest BCUT2D eigenvalue weighted by molar-refractivity contribution is 5.86. The number of benzene rings is 4. The molecule has 0 atom stereocenters. The van der Waals surface area contributed by atoms with Crippen molar-refractivity contribution < 1.29 is 14.3 Å². The maximum Gasteiger partial charge on any atom is 0.316 e. The highest BCUT2D eigenvalue weighted by Gasteiger charge is 2.46. The van der Waals surface area contributed by atoms with Crippen LogP contribution < -0.4 is 9.47 Å². The molecule has 0 unspecified atom stereocenters. The van der Waals surface area contributed by atoms with Crippen molar-refractivity contribution in [2.45, 2.75) is 66.4 Å². The standard InChI is InChI=1S/C36H38O3/c1-23-21-25(17-19-31(23)38-33(37)34(3,4)5)36(26-18-20-32(24(2)22-26)39-35(6,7)8)29-15-11-9-13-27(29)28-14-10-12-16-30(28)36/h9-22H,1-8H3. The summed E-state index contributed by atoms with van der Waals surface area (Å²) in [6, 6.07) is 30.2. The second-order valence-corrected chi connectivity index (χ2v) is 12.7. The molecule has 3 heteroatoms. The lowest BCUT2D eigenvalue weighted by Gasteiger charge is -2.35. The highest BCUT2D eigenvalue weighted by Crippen LogP contribution is 2.56. The first kappa shape index (κ1) is 26.7. The van der Waals surface area contributed by atoms with E-state index in [4.69, 9.17) is 9.47 Å². The zero-order chi connectivity index (χ0) is 28.2. The van der Waals surface area contributed by atoms with Crippen LogP contribution in [0.3, 0.4) is 0 Å². The van der Waals surface area contributed by atoms with Crippen LogP contribution in [0, 0.1) is 19.3 Å². The Kier molecular flexibility index (Phi) is 6.45. The molecule has 0 radical (unpaired) electrons. The predicted molar refractivity (Wildman–Crippen MR) is 159 cm³/mol. The van der Waals surface area contributed by atoms with E-state index in [0.29, 0.717) is 5.75 Å². The van der Waals surface area contributed by atoms with Gasteiger partial charge in [0.2, 0.25) is 0 Å². The van der Waals surface area contributed by atoms with E-state index in [1.165, 1.54) is 27.8 Å². The predicted octanol–water partition coefficient (Wildman–Crippen LogP) is 8.80.